The lowest BCUT2D eigenvalue weighted by atomic mass is 9.98. The second kappa shape index (κ2) is 7.58. The molecule has 1 aromatic carbocycles. The van der Waals surface area contributed by atoms with Crippen molar-refractivity contribution in [3.05, 3.63) is 66.5 Å². The van der Waals surface area contributed by atoms with Crippen LogP contribution in [-0.2, 0) is 0 Å². The number of pyridine rings is 1. The van der Waals surface area contributed by atoms with Crippen molar-refractivity contribution in [2.45, 2.75) is 18.8 Å². The van der Waals surface area contributed by atoms with Crippen molar-refractivity contribution in [3.8, 4) is 11.3 Å². The number of anilines is 2. The number of hydrogen-bond donors (Lipinski definition) is 2. The van der Waals surface area contributed by atoms with Gasteiger partial charge in [0, 0.05) is 42.2 Å². The fraction of sp³-hybridized carbons (Fsp3) is 0.250. The molecule has 3 aromatic rings. The predicted molar refractivity (Wildman–Crippen MR) is 99.8 cm³/mol. The highest BCUT2D eigenvalue weighted by molar-refractivity contribution is 5.65. The SMILES string of the molecule is Fc1cccc(Nc2cc(-c3cccnc3)nc([C@@H]3CCCNC3)n2)c1. The van der Waals surface area contributed by atoms with Crippen LogP contribution in [0.25, 0.3) is 11.3 Å². The van der Waals surface area contributed by atoms with E-state index in [1.165, 1.54) is 12.1 Å². The first kappa shape index (κ1) is 16.6. The summed E-state index contributed by atoms with van der Waals surface area (Å²) in [5, 5.41) is 6.61. The molecule has 1 atom stereocenters. The van der Waals surface area contributed by atoms with Gasteiger partial charge in [-0.2, -0.15) is 0 Å². The highest BCUT2D eigenvalue weighted by atomic mass is 19.1. The van der Waals surface area contributed by atoms with Crippen LogP contribution in [0.1, 0.15) is 24.6 Å². The van der Waals surface area contributed by atoms with Crippen LogP contribution >= 0.6 is 0 Å². The maximum Gasteiger partial charge on any atom is 0.135 e. The molecule has 132 valence electrons. The van der Waals surface area contributed by atoms with Crippen LogP contribution in [0.15, 0.2) is 54.9 Å². The number of aromatic nitrogens is 3. The summed E-state index contributed by atoms with van der Waals surface area (Å²) in [5.74, 6) is 1.45. The zero-order valence-electron chi connectivity index (χ0n) is 14.3. The molecule has 1 aliphatic heterocycles. The quantitative estimate of drug-likeness (QED) is 0.748. The molecule has 2 N–H and O–H groups in total. The van der Waals surface area contributed by atoms with E-state index in [2.05, 4.69) is 15.6 Å². The smallest absolute Gasteiger partial charge is 0.135 e. The molecule has 0 radical (unpaired) electrons. The third kappa shape index (κ3) is 3.86. The van der Waals surface area contributed by atoms with Crippen LogP contribution in [0.2, 0.25) is 0 Å². The first-order valence-electron chi connectivity index (χ1n) is 8.80. The van der Waals surface area contributed by atoms with Crippen molar-refractivity contribution in [2.24, 2.45) is 0 Å². The average Bonchev–Trinajstić information content (AvgIpc) is 2.69. The molecule has 0 saturated carbocycles. The van der Waals surface area contributed by atoms with Crippen molar-refractivity contribution < 1.29 is 4.39 Å². The Kier molecular flexibility index (Phi) is 4.84. The zero-order chi connectivity index (χ0) is 17.8. The van der Waals surface area contributed by atoms with E-state index in [4.69, 9.17) is 9.97 Å². The highest BCUT2D eigenvalue weighted by Gasteiger charge is 2.19. The molecule has 2 aromatic heterocycles. The summed E-state index contributed by atoms with van der Waals surface area (Å²) in [6.07, 6.45) is 5.69. The average molecular weight is 349 g/mol. The van der Waals surface area contributed by atoms with Gasteiger partial charge in [0.05, 0.1) is 5.69 Å². The van der Waals surface area contributed by atoms with Crippen LogP contribution in [0.5, 0.6) is 0 Å². The molecule has 0 spiro atoms. The maximum atomic E-state index is 13.5. The largest absolute Gasteiger partial charge is 0.340 e. The van der Waals surface area contributed by atoms with E-state index in [9.17, 15) is 4.39 Å². The molecule has 26 heavy (non-hydrogen) atoms. The number of piperidine rings is 1. The lowest BCUT2D eigenvalue weighted by Crippen LogP contribution is -2.29. The number of rotatable bonds is 4. The minimum absolute atomic E-state index is 0.272. The van der Waals surface area contributed by atoms with Gasteiger partial charge in [-0.15, -0.1) is 0 Å². The summed E-state index contributed by atoms with van der Waals surface area (Å²) in [7, 11) is 0. The summed E-state index contributed by atoms with van der Waals surface area (Å²) in [6, 6.07) is 12.1. The highest BCUT2D eigenvalue weighted by Crippen LogP contribution is 2.27. The van der Waals surface area contributed by atoms with Gasteiger partial charge in [0.25, 0.3) is 0 Å². The number of benzene rings is 1. The topological polar surface area (TPSA) is 62.7 Å². The first-order valence-corrected chi connectivity index (χ1v) is 8.80. The van der Waals surface area contributed by atoms with E-state index in [1.54, 1.807) is 18.5 Å². The molecule has 1 saturated heterocycles. The zero-order valence-corrected chi connectivity index (χ0v) is 14.3. The second-order valence-corrected chi connectivity index (χ2v) is 6.42. The molecular weight excluding hydrogens is 329 g/mol. The molecule has 0 aliphatic carbocycles. The monoisotopic (exact) mass is 349 g/mol. The molecular formula is C20H20FN5. The van der Waals surface area contributed by atoms with E-state index in [-0.39, 0.29) is 11.7 Å². The molecule has 0 bridgehead atoms. The molecule has 1 aliphatic rings. The Balaban J connectivity index is 1.72. The third-order valence-electron chi connectivity index (χ3n) is 4.46. The third-order valence-corrected chi connectivity index (χ3v) is 4.46. The van der Waals surface area contributed by atoms with Gasteiger partial charge in [0.2, 0.25) is 0 Å². The van der Waals surface area contributed by atoms with Gasteiger partial charge < -0.3 is 10.6 Å². The Bertz CT molecular complexity index is 878. The summed E-state index contributed by atoms with van der Waals surface area (Å²) in [4.78, 5) is 13.7. The predicted octanol–water partition coefficient (Wildman–Crippen LogP) is 3.89. The van der Waals surface area contributed by atoms with E-state index in [1.807, 2.05) is 24.3 Å². The molecule has 3 heterocycles. The Morgan fingerprint density at radius 3 is 2.85 bits per heavy atom. The van der Waals surface area contributed by atoms with Crippen molar-refractivity contribution in [1.29, 1.82) is 0 Å². The van der Waals surface area contributed by atoms with Gasteiger partial charge >= 0.3 is 0 Å². The summed E-state index contributed by atoms with van der Waals surface area (Å²) in [5.41, 5.74) is 2.41. The minimum Gasteiger partial charge on any atom is -0.340 e. The molecule has 1 fully saturated rings. The molecule has 6 heteroatoms. The van der Waals surface area contributed by atoms with Crippen LogP contribution in [0.4, 0.5) is 15.9 Å². The van der Waals surface area contributed by atoms with Gasteiger partial charge in [-0.05, 0) is 49.7 Å². The van der Waals surface area contributed by atoms with Crippen LogP contribution < -0.4 is 10.6 Å². The Morgan fingerprint density at radius 2 is 2.08 bits per heavy atom. The molecule has 0 unspecified atom stereocenters. The normalized spacial score (nSPS) is 17.0. The number of halogens is 1. The van der Waals surface area contributed by atoms with Crippen LogP contribution in [-0.4, -0.2) is 28.0 Å². The van der Waals surface area contributed by atoms with Crippen LogP contribution in [0.3, 0.4) is 0 Å². The minimum atomic E-state index is -0.284. The Labute approximate surface area is 151 Å². The van der Waals surface area contributed by atoms with Gasteiger partial charge in [-0.3, -0.25) is 4.98 Å². The van der Waals surface area contributed by atoms with E-state index >= 15 is 0 Å². The summed E-state index contributed by atoms with van der Waals surface area (Å²) < 4.78 is 13.5. The van der Waals surface area contributed by atoms with E-state index < -0.39 is 0 Å². The van der Waals surface area contributed by atoms with E-state index in [0.29, 0.717) is 11.5 Å². The van der Waals surface area contributed by atoms with Gasteiger partial charge in [-0.1, -0.05) is 6.07 Å². The summed E-state index contributed by atoms with van der Waals surface area (Å²) in [6.45, 7) is 1.91. The lowest BCUT2D eigenvalue weighted by molar-refractivity contribution is 0.447. The standard InChI is InChI=1S/C20H20FN5/c21-16-6-1-7-17(10-16)24-19-11-18(14-4-2-8-22-12-14)25-20(26-19)15-5-3-9-23-13-15/h1-2,4,6-8,10-12,15,23H,3,5,9,13H2,(H,24,25,26)/t15-/m1/s1. The molecule has 4 rings (SSSR count). The maximum absolute atomic E-state index is 13.5. The Morgan fingerprint density at radius 1 is 1.12 bits per heavy atom. The number of hydrogen-bond acceptors (Lipinski definition) is 5. The number of nitrogens with zero attached hydrogens (tertiary/aromatic N) is 3. The first-order chi connectivity index (χ1) is 12.8. The van der Waals surface area contributed by atoms with Gasteiger partial charge in [0.1, 0.15) is 17.5 Å². The van der Waals surface area contributed by atoms with Gasteiger partial charge in [-0.25, -0.2) is 14.4 Å². The van der Waals surface area contributed by atoms with Crippen LogP contribution in [0, 0.1) is 5.82 Å². The number of nitrogens with one attached hydrogen (secondary N) is 2. The fourth-order valence-corrected chi connectivity index (χ4v) is 3.16. The lowest BCUT2D eigenvalue weighted by Gasteiger charge is -2.22. The van der Waals surface area contributed by atoms with Gasteiger partial charge in [0.15, 0.2) is 0 Å². The van der Waals surface area contributed by atoms with Crippen molar-refractivity contribution in [1.82, 2.24) is 20.3 Å². The van der Waals surface area contributed by atoms with Crippen molar-refractivity contribution >= 4 is 11.5 Å². The fourth-order valence-electron chi connectivity index (χ4n) is 3.16. The van der Waals surface area contributed by atoms with Crippen molar-refractivity contribution in [2.75, 3.05) is 18.4 Å². The summed E-state index contributed by atoms with van der Waals surface area (Å²) >= 11 is 0. The van der Waals surface area contributed by atoms with Crippen molar-refractivity contribution in [3.63, 3.8) is 0 Å². The second-order valence-electron chi connectivity index (χ2n) is 6.42. The molecule has 0 amide bonds. The van der Waals surface area contributed by atoms with E-state index in [0.717, 1.165) is 43.0 Å². The molecule has 5 nitrogen and oxygen atoms in total. The Hall–Kier alpha value is -2.86.